The van der Waals surface area contributed by atoms with E-state index in [1.165, 1.54) is 5.56 Å². The molecule has 0 fully saturated rings. The second-order valence-electron chi connectivity index (χ2n) is 2.42. The molecule has 1 aromatic rings. The van der Waals surface area contributed by atoms with E-state index >= 15 is 0 Å². The van der Waals surface area contributed by atoms with Gasteiger partial charge >= 0.3 is 0 Å². The van der Waals surface area contributed by atoms with Gasteiger partial charge < -0.3 is 11.2 Å². The molecular weight excluding hydrogens is 162 g/mol. The molecule has 0 heterocycles. The molecule has 0 spiro atoms. The second kappa shape index (κ2) is 6.31. The van der Waals surface area contributed by atoms with Crippen LogP contribution < -0.4 is 17.0 Å². The highest BCUT2D eigenvalue weighted by molar-refractivity contribution is 5.66. The number of aryl methyl sites for hydroxylation is 1. The Morgan fingerprint density at radius 2 is 1.92 bits per heavy atom. The molecule has 3 heteroatoms. The molecule has 13 heavy (non-hydrogen) atoms. The minimum absolute atomic E-state index is 0.701. The van der Waals surface area contributed by atoms with Gasteiger partial charge in [-0.3, -0.25) is 5.84 Å². The molecule has 3 nitrogen and oxygen atoms in total. The highest BCUT2D eigenvalue weighted by atomic mass is 15.2. The van der Waals surface area contributed by atoms with Crippen molar-refractivity contribution in [1.29, 1.82) is 0 Å². The fraction of sp³-hybridized carbons (Fsp3) is 0.400. The summed E-state index contributed by atoms with van der Waals surface area (Å²) in [6, 6.07) is 5.81. The zero-order valence-corrected chi connectivity index (χ0v) is 8.59. The summed E-state index contributed by atoms with van der Waals surface area (Å²) in [5.74, 6) is 5.21. The van der Waals surface area contributed by atoms with Crippen molar-refractivity contribution in [1.82, 2.24) is 0 Å². The highest BCUT2D eigenvalue weighted by Gasteiger charge is 1.96. The standard InChI is InChI=1S/C8H13N3.C2H6/c1-2-6-3-4-8(11-10)7(9)5-6;1-2/h3-5,11H,2,9-10H2,1H3;1-2H3. The van der Waals surface area contributed by atoms with Gasteiger partial charge in [-0.05, 0) is 24.1 Å². The molecule has 0 amide bonds. The first-order valence-corrected chi connectivity index (χ1v) is 4.63. The molecule has 0 aliphatic rings. The smallest absolute Gasteiger partial charge is 0.0716 e. The van der Waals surface area contributed by atoms with Gasteiger partial charge in [-0.2, -0.15) is 0 Å². The zero-order valence-electron chi connectivity index (χ0n) is 8.59. The Kier molecular flexibility index (Phi) is 5.72. The molecule has 74 valence electrons. The third-order valence-corrected chi connectivity index (χ3v) is 1.68. The Morgan fingerprint density at radius 1 is 1.31 bits per heavy atom. The van der Waals surface area contributed by atoms with Crippen LogP contribution in [-0.2, 0) is 6.42 Å². The predicted molar refractivity (Wildman–Crippen MR) is 59.4 cm³/mol. The Balaban J connectivity index is 0.000000671. The normalized spacial score (nSPS) is 8.62. The van der Waals surface area contributed by atoms with Crippen LogP contribution in [0.15, 0.2) is 18.2 Å². The van der Waals surface area contributed by atoms with Crippen molar-refractivity contribution in [3.63, 3.8) is 0 Å². The molecule has 1 aromatic carbocycles. The summed E-state index contributed by atoms with van der Waals surface area (Å²) in [5, 5.41) is 0. The van der Waals surface area contributed by atoms with Crippen molar-refractivity contribution >= 4 is 11.4 Å². The first-order valence-electron chi connectivity index (χ1n) is 4.63. The van der Waals surface area contributed by atoms with Gasteiger partial charge in [0.2, 0.25) is 0 Å². The summed E-state index contributed by atoms with van der Waals surface area (Å²) in [6.45, 7) is 6.09. The van der Waals surface area contributed by atoms with Crippen LogP contribution in [0.1, 0.15) is 26.3 Å². The maximum atomic E-state index is 5.66. The van der Waals surface area contributed by atoms with Gasteiger partial charge in [-0.15, -0.1) is 0 Å². The fourth-order valence-electron chi connectivity index (χ4n) is 0.964. The Morgan fingerprint density at radius 3 is 2.31 bits per heavy atom. The van der Waals surface area contributed by atoms with Crippen LogP contribution in [0, 0.1) is 0 Å². The second-order valence-corrected chi connectivity index (χ2v) is 2.42. The lowest BCUT2D eigenvalue weighted by molar-refractivity contribution is 1.14. The molecule has 0 atom stereocenters. The number of hydrogen-bond acceptors (Lipinski definition) is 3. The third kappa shape index (κ3) is 3.34. The number of nitrogens with one attached hydrogen (secondary N) is 1. The van der Waals surface area contributed by atoms with E-state index < -0.39 is 0 Å². The van der Waals surface area contributed by atoms with Gasteiger partial charge in [0.25, 0.3) is 0 Å². The van der Waals surface area contributed by atoms with Crippen LogP contribution in [0.5, 0.6) is 0 Å². The molecule has 5 N–H and O–H groups in total. The number of nitrogens with two attached hydrogens (primary N) is 2. The van der Waals surface area contributed by atoms with E-state index in [0.717, 1.165) is 12.1 Å². The van der Waals surface area contributed by atoms with E-state index in [1.807, 2.05) is 32.0 Å². The number of benzene rings is 1. The van der Waals surface area contributed by atoms with Gasteiger partial charge in [-0.1, -0.05) is 26.8 Å². The molecule has 0 aromatic heterocycles. The van der Waals surface area contributed by atoms with E-state index in [2.05, 4.69) is 12.3 Å². The summed E-state index contributed by atoms with van der Waals surface area (Å²) >= 11 is 0. The van der Waals surface area contributed by atoms with Crippen molar-refractivity contribution in [3.8, 4) is 0 Å². The molecule has 0 bridgehead atoms. The number of hydrogen-bond donors (Lipinski definition) is 3. The topological polar surface area (TPSA) is 64.1 Å². The highest BCUT2D eigenvalue weighted by Crippen LogP contribution is 2.18. The number of anilines is 2. The molecular formula is C10H19N3. The molecule has 0 aliphatic heterocycles. The SMILES string of the molecule is CC.CCc1ccc(NN)c(N)c1. The van der Waals surface area contributed by atoms with Gasteiger partial charge in [-0.25, -0.2) is 0 Å². The van der Waals surface area contributed by atoms with Gasteiger partial charge in [0.1, 0.15) is 0 Å². The number of rotatable bonds is 2. The summed E-state index contributed by atoms with van der Waals surface area (Å²) in [5.41, 5.74) is 10.9. The summed E-state index contributed by atoms with van der Waals surface area (Å²) in [4.78, 5) is 0. The van der Waals surface area contributed by atoms with E-state index in [9.17, 15) is 0 Å². The largest absolute Gasteiger partial charge is 0.397 e. The number of nitrogen functional groups attached to an aromatic ring is 2. The zero-order chi connectivity index (χ0) is 10.3. The summed E-state index contributed by atoms with van der Waals surface area (Å²) in [7, 11) is 0. The lowest BCUT2D eigenvalue weighted by atomic mass is 10.1. The minimum Gasteiger partial charge on any atom is -0.397 e. The van der Waals surface area contributed by atoms with Crippen molar-refractivity contribution in [2.24, 2.45) is 5.84 Å². The molecule has 0 saturated heterocycles. The van der Waals surface area contributed by atoms with E-state index in [4.69, 9.17) is 11.6 Å². The van der Waals surface area contributed by atoms with E-state index in [0.29, 0.717) is 5.69 Å². The molecule has 1 rings (SSSR count). The maximum absolute atomic E-state index is 5.66. The first-order chi connectivity index (χ1) is 6.27. The van der Waals surface area contributed by atoms with Crippen LogP contribution in [0.3, 0.4) is 0 Å². The van der Waals surface area contributed by atoms with Crippen molar-refractivity contribution in [2.75, 3.05) is 11.2 Å². The van der Waals surface area contributed by atoms with Crippen molar-refractivity contribution < 1.29 is 0 Å². The average Bonchev–Trinajstić information content (AvgIpc) is 2.20. The summed E-state index contributed by atoms with van der Waals surface area (Å²) < 4.78 is 0. The third-order valence-electron chi connectivity index (χ3n) is 1.68. The quantitative estimate of drug-likeness (QED) is 0.372. The van der Waals surface area contributed by atoms with Gasteiger partial charge in [0.15, 0.2) is 0 Å². The molecule has 0 unspecified atom stereocenters. The van der Waals surface area contributed by atoms with Gasteiger partial charge in [0, 0.05) is 0 Å². The van der Waals surface area contributed by atoms with E-state index in [-0.39, 0.29) is 0 Å². The maximum Gasteiger partial charge on any atom is 0.0716 e. The predicted octanol–water partition coefficient (Wildman–Crippen LogP) is 2.14. The fourth-order valence-corrected chi connectivity index (χ4v) is 0.964. The average molecular weight is 181 g/mol. The number of hydrazine groups is 1. The van der Waals surface area contributed by atoms with Crippen LogP contribution in [0.25, 0.3) is 0 Å². The van der Waals surface area contributed by atoms with Crippen LogP contribution in [0.2, 0.25) is 0 Å². The van der Waals surface area contributed by atoms with E-state index in [1.54, 1.807) is 0 Å². The van der Waals surface area contributed by atoms with Crippen molar-refractivity contribution in [2.45, 2.75) is 27.2 Å². The molecule has 0 radical (unpaired) electrons. The van der Waals surface area contributed by atoms with Crippen LogP contribution in [-0.4, -0.2) is 0 Å². The van der Waals surface area contributed by atoms with Crippen LogP contribution >= 0.6 is 0 Å². The molecule has 0 aliphatic carbocycles. The monoisotopic (exact) mass is 181 g/mol. The Bertz CT molecular complexity index is 246. The Hall–Kier alpha value is -1.22. The lowest BCUT2D eigenvalue weighted by Gasteiger charge is -2.05. The Labute approximate surface area is 80.1 Å². The molecule has 0 saturated carbocycles. The minimum atomic E-state index is 0.701. The first kappa shape index (κ1) is 11.8. The van der Waals surface area contributed by atoms with Gasteiger partial charge in [0.05, 0.1) is 11.4 Å². The van der Waals surface area contributed by atoms with Crippen molar-refractivity contribution in [3.05, 3.63) is 23.8 Å². The lowest BCUT2D eigenvalue weighted by Crippen LogP contribution is -2.09. The van der Waals surface area contributed by atoms with Crippen LogP contribution in [0.4, 0.5) is 11.4 Å². The summed E-state index contributed by atoms with van der Waals surface area (Å²) in [6.07, 6.45) is 0.995.